The van der Waals surface area contributed by atoms with Crippen LogP contribution in [0.15, 0.2) is 65.9 Å². The molecule has 1 saturated heterocycles. The zero-order valence-corrected chi connectivity index (χ0v) is 19.5. The first-order valence-electron chi connectivity index (χ1n) is 11.8. The molecule has 0 spiro atoms. The van der Waals surface area contributed by atoms with Gasteiger partial charge in [-0.15, -0.1) is 0 Å². The minimum Gasteiger partial charge on any atom is -0.457 e. The molecule has 5 rings (SSSR count). The van der Waals surface area contributed by atoms with Gasteiger partial charge in [-0.3, -0.25) is 14.5 Å². The van der Waals surface area contributed by atoms with Crippen molar-refractivity contribution >= 4 is 17.8 Å². The average molecular weight is 477 g/mol. The molecule has 1 fully saturated rings. The van der Waals surface area contributed by atoms with E-state index >= 15 is 0 Å². The number of nitrogens with zero attached hydrogens (tertiary/aromatic N) is 2. The van der Waals surface area contributed by atoms with E-state index in [-0.39, 0.29) is 37.0 Å². The summed E-state index contributed by atoms with van der Waals surface area (Å²) in [6.45, 7) is 1.27. The molecule has 3 heterocycles. The molecule has 0 bridgehead atoms. The van der Waals surface area contributed by atoms with Crippen LogP contribution in [0.4, 0.5) is 4.79 Å². The largest absolute Gasteiger partial charge is 0.457 e. The lowest BCUT2D eigenvalue weighted by Crippen LogP contribution is -2.45. The maximum absolute atomic E-state index is 13.4. The molecule has 3 aliphatic heterocycles. The smallest absolute Gasteiger partial charge is 0.322 e. The predicted molar refractivity (Wildman–Crippen MR) is 128 cm³/mol. The minimum atomic E-state index is -0.638. The molecule has 9 heteroatoms. The Balaban J connectivity index is 1.32. The number of carbonyl (C=O) groups excluding carboxylic acids is 3. The first-order chi connectivity index (χ1) is 17.0. The van der Waals surface area contributed by atoms with Crippen LogP contribution in [0.25, 0.3) is 0 Å². The van der Waals surface area contributed by atoms with E-state index in [9.17, 15) is 14.4 Å². The summed E-state index contributed by atoms with van der Waals surface area (Å²) in [5.74, 6) is 0.776. The fraction of sp³-hybridized carbons (Fsp3) is 0.346. The second-order valence-electron chi connectivity index (χ2n) is 8.89. The summed E-state index contributed by atoms with van der Waals surface area (Å²) in [5.41, 5.74) is 1.80. The van der Waals surface area contributed by atoms with Gasteiger partial charge in [0.05, 0.1) is 30.0 Å². The number of hydrogen-bond acceptors (Lipinski definition) is 5. The molecule has 4 amide bonds. The molecule has 3 aliphatic rings. The van der Waals surface area contributed by atoms with Crippen LogP contribution in [-0.4, -0.2) is 67.0 Å². The minimum absolute atomic E-state index is 0.0299. The van der Waals surface area contributed by atoms with Gasteiger partial charge in [-0.05, 0) is 42.7 Å². The summed E-state index contributed by atoms with van der Waals surface area (Å²) >= 11 is 0. The average Bonchev–Trinajstić information content (AvgIpc) is 3.50. The van der Waals surface area contributed by atoms with Crippen LogP contribution >= 0.6 is 0 Å². The van der Waals surface area contributed by atoms with E-state index in [1.54, 1.807) is 7.05 Å². The van der Waals surface area contributed by atoms with Crippen LogP contribution in [0.1, 0.15) is 24.4 Å². The third kappa shape index (κ3) is 4.85. The molecule has 9 nitrogen and oxygen atoms in total. The molecule has 0 aliphatic carbocycles. The topological polar surface area (TPSA) is 100 Å². The standard InChI is InChI=1S/C26H28N4O5/c1-29-21-15-30(16-22(31)27-14-20-11-6-12-34-20)25(32)23(21)24(28-26(29)33)17-7-5-10-19(13-17)35-18-8-3-2-4-9-18/h2-5,7-10,13,20,24H,6,11-12,14-16H2,1H3,(H,27,31)(H,28,33). The number of amides is 4. The van der Waals surface area contributed by atoms with E-state index in [0.29, 0.717) is 35.9 Å². The first-order valence-corrected chi connectivity index (χ1v) is 11.8. The highest BCUT2D eigenvalue weighted by molar-refractivity contribution is 6.02. The maximum atomic E-state index is 13.4. The summed E-state index contributed by atoms with van der Waals surface area (Å²) in [4.78, 5) is 41.6. The second-order valence-corrected chi connectivity index (χ2v) is 8.89. The van der Waals surface area contributed by atoms with Gasteiger partial charge in [-0.2, -0.15) is 0 Å². The molecule has 0 radical (unpaired) electrons. The van der Waals surface area contributed by atoms with Crippen molar-refractivity contribution in [1.29, 1.82) is 0 Å². The highest BCUT2D eigenvalue weighted by Gasteiger charge is 2.43. The number of hydrogen-bond donors (Lipinski definition) is 2. The zero-order chi connectivity index (χ0) is 24.4. The van der Waals surface area contributed by atoms with E-state index in [0.717, 1.165) is 18.4 Å². The van der Waals surface area contributed by atoms with Gasteiger partial charge in [0.2, 0.25) is 5.91 Å². The van der Waals surface area contributed by atoms with Gasteiger partial charge in [-0.25, -0.2) is 4.79 Å². The Morgan fingerprint density at radius 2 is 1.94 bits per heavy atom. The molecular weight excluding hydrogens is 448 g/mol. The lowest BCUT2D eigenvalue weighted by Gasteiger charge is -2.31. The van der Waals surface area contributed by atoms with Crippen molar-refractivity contribution in [3.8, 4) is 11.5 Å². The van der Waals surface area contributed by atoms with Crippen molar-refractivity contribution in [2.75, 3.05) is 33.3 Å². The Morgan fingerprint density at radius 1 is 1.14 bits per heavy atom. The Kier molecular flexibility index (Phi) is 6.41. The van der Waals surface area contributed by atoms with E-state index in [4.69, 9.17) is 9.47 Å². The van der Waals surface area contributed by atoms with Crippen molar-refractivity contribution in [1.82, 2.24) is 20.4 Å². The van der Waals surface area contributed by atoms with Gasteiger partial charge in [0.1, 0.15) is 18.0 Å². The number of urea groups is 1. The summed E-state index contributed by atoms with van der Waals surface area (Å²) in [6, 6.07) is 15.8. The van der Waals surface area contributed by atoms with Crippen molar-refractivity contribution in [3.05, 3.63) is 71.4 Å². The predicted octanol–water partition coefficient (Wildman–Crippen LogP) is 2.57. The lowest BCUT2D eigenvalue weighted by atomic mass is 9.95. The Bertz CT molecular complexity index is 1160. The van der Waals surface area contributed by atoms with Crippen molar-refractivity contribution in [3.63, 3.8) is 0 Å². The van der Waals surface area contributed by atoms with Crippen LogP contribution in [0, 0.1) is 0 Å². The van der Waals surface area contributed by atoms with Crippen LogP contribution in [-0.2, 0) is 14.3 Å². The monoisotopic (exact) mass is 476 g/mol. The zero-order valence-electron chi connectivity index (χ0n) is 19.5. The fourth-order valence-corrected chi connectivity index (χ4v) is 4.65. The lowest BCUT2D eigenvalue weighted by molar-refractivity contribution is -0.132. The first kappa shape index (κ1) is 22.9. The molecule has 182 valence electrons. The second kappa shape index (κ2) is 9.79. The number of ether oxygens (including phenoxy) is 2. The Hall–Kier alpha value is -3.85. The van der Waals surface area contributed by atoms with Gasteiger partial charge in [0.25, 0.3) is 5.91 Å². The molecule has 2 aromatic rings. The normalized spacial score (nSPS) is 21.7. The number of para-hydroxylation sites is 1. The third-order valence-corrected chi connectivity index (χ3v) is 6.49. The van der Waals surface area contributed by atoms with E-state index in [1.807, 2.05) is 54.6 Å². The molecule has 2 aromatic carbocycles. The van der Waals surface area contributed by atoms with Gasteiger partial charge in [0, 0.05) is 20.2 Å². The quantitative estimate of drug-likeness (QED) is 0.640. The third-order valence-electron chi connectivity index (χ3n) is 6.49. The van der Waals surface area contributed by atoms with Crippen molar-refractivity contribution in [2.45, 2.75) is 25.0 Å². The SMILES string of the molecule is CN1C(=O)NC(c2cccc(Oc3ccccc3)c2)C2=C1CN(CC(=O)NCC1CCCO1)C2=O. The van der Waals surface area contributed by atoms with E-state index in [2.05, 4.69) is 10.6 Å². The molecule has 0 saturated carbocycles. The summed E-state index contributed by atoms with van der Waals surface area (Å²) < 4.78 is 11.5. The summed E-state index contributed by atoms with van der Waals surface area (Å²) in [7, 11) is 1.63. The molecule has 0 aromatic heterocycles. The number of nitrogens with one attached hydrogen (secondary N) is 2. The van der Waals surface area contributed by atoms with E-state index < -0.39 is 6.04 Å². The van der Waals surface area contributed by atoms with Crippen LogP contribution in [0.5, 0.6) is 11.5 Å². The molecule has 35 heavy (non-hydrogen) atoms. The number of likely N-dealkylation sites (N-methyl/N-ethyl adjacent to an activating group) is 1. The van der Waals surface area contributed by atoms with Crippen molar-refractivity contribution < 1.29 is 23.9 Å². The molecular formula is C26H28N4O5. The van der Waals surface area contributed by atoms with Crippen LogP contribution in [0.2, 0.25) is 0 Å². The van der Waals surface area contributed by atoms with Gasteiger partial charge < -0.3 is 25.0 Å². The summed E-state index contributed by atoms with van der Waals surface area (Å²) in [5, 5.41) is 5.78. The van der Waals surface area contributed by atoms with Gasteiger partial charge >= 0.3 is 6.03 Å². The maximum Gasteiger partial charge on any atom is 0.322 e. The number of rotatable bonds is 7. The number of benzene rings is 2. The Labute approximate surface area is 203 Å². The highest BCUT2D eigenvalue weighted by atomic mass is 16.5. The Morgan fingerprint density at radius 3 is 2.71 bits per heavy atom. The summed E-state index contributed by atoms with van der Waals surface area (Å²) in [6.07, 6.45) is 1.95. The fourth-order valence-electron chi connectivity index (χ4n) is 4.65. The highest BCUT2D eigenvalue weighted by Crippen LogP contribution is 2.37. The van der Waals surface area contributed by atoms with E-state index in [1.165, 1.54) is 9.80 Å². The molecule has 2 N–H and O–H groups in total. The number of carbonyl (C=O) groups is 3. The molecule has 2 atom stereocenters. The van der Waals surface area contributed by atoms with Gasteiger partial charge in [0.15, 0.2) is 0 Å². The van der Waals surface area contributed by atoms with Crippen molar-refractivity contribution in [2.24, 2.45) is 0 Å². The van der Waals surface area contributed by atoms with Crippen LogP contribution < -0.4 is 15.4 Å². The van der Waals surface area contributed by atoms with Crippen LogP contribution in [0.3, 0.4) is 0 Å². The molecule has 2 unspecified atom stereocenters. The van der Waals surface area contributed by atoms with Gasteiger partial charge in [-0.1, -0.05) is 30.3 Å².